The van der Waals surface area contributed by atoms with Gasteiger partial charge in [0.15, 0.2) is 5.78 Å². The Balaban J connectivity index is 2.48. The van der Waals surface area contributed by atoms with Gasteiger partial charge in [-0.2, -0.15) is 0 Å². The number of hydrogen-bond acceptors (Lipinski definition) is 9. The molecule has 0 fully saturated rings. The van der Waals surface area contributed by atoms with Gasteiger partial charge in [0.25, 0.3) is 0 Å². The maximum Gasteiger partial charge on any atom is 0.306 e. The Kier molecular flexibility index (Phi) is 19.5. The predicted molar refractivity (Wildman–Crippen MR) is 209 cm³/mol. The Hall–Kier alpha value is -4.14. The molecule has 302 valence electrons. The van der Waals surface area contributed by atoms with E-state index in [-0.39, 0.29) is 56.3 Å². The molecule has 0 aromatic heterocycles. The SMILES string of the molecule is CC(C)C[C@H](CC(=O)[C@H](Cc1ccc(C(C)(C)C)cc1)NC(=O)[C@@H]1CC=CC[C@H](N)C(=O)N[C@@H](CCCCN)C(=O)N[C@@H](CCCCN)C(=O)N1)C(=O)O. The third-order valence-corrected chi connectivity index (χ3v) is 9.58. The molecule has 1 aliphatic heterocycles. The van der Waals surface area contributed by atoms with Gasteiger partial charge < -0.3 is 43.6 Å². The molecular weight excluding hydrogens is 690 g/mol. The second-order valence-electron chi connectivity index (χ2n) is 15.8. The molecule has 1 aromatic rings. The van der Waals surface area contributed by atoms with Gasteiger partial charge in [0, 0.05) is 6.42 Å². The molecule has 11 N–H and O–H groups in total. The van der Waals surface area contributed by atoms with Gasteiger partial charge in [0.05, 0.1) is 18.0 Å². The van der Waals surface area contributed by atoms with Crippen LogP contribution < -0.4 is 38.5 Å². The lowest BCUT2D eigenvalue weighted by Crippen LogP contribution is -2.58. The molecule has 6 atom stereocenters. The second-order valence-corrected chi connectivity index (χ2v) is 15.8. The van der Waals surface area contributed by atoms with Crippen molar-refractivity contribution in [2.75, 3.05) is 13.1 Å². The molecule has 4 amide bonds. The maximum absolute atomic E-state index is 14.1. The lowest BCUT2D eigenvalue weighted by molar-refractivity contribution is -0.144. The van der Waals surface area contributed by atoms with E-state index in [4.69, 9.17) is 17.2 Å². The summed E-state index contributed by atoms with van der Waals surface area (Å²) in [7, 11) is 0. The van der Waals surface area contributed by atoms with Crippen LogP contribution in [0.4, 0.5) is 0 Å². The Morgan fingerprint density at radius 1 is 0.833 bits per heavy atom. The number of hydrogen-bond donors (Lipinski definition) is 8. The number of nitrogens with two attached hydrogens (primary N) is 3. The second kappa shape index (κ2) is 22.9. The summed E-state index contributed by atoms with van der Waals surface area (Å²) in [5, 5.41) is 21.0. The average molecular weight is 756 g/mol. The molecule has 0 spiro atoms. The molecule has 54 heavy (non-hydrogen) atoms. The first-order valence-corrected chi connectivity index (χ1v) is 19.3. The fraction of sp³-hybridized carbons (Fsp3) is 0.650. The smallest absolute Gasteiger partial charge is 0.306 e. The molecule has 0 saturated carbocycles. The molecule has 0 bridgehead atoms. The lowest BCUT2D eigenvalue weighted by Gasteiger charge is -2.27. The zero-order chi connectivity index (χ0) is 40.4. The minimum absolute atomic E-state index is 0.0105. The van der Waals surface area contributed by atoms with Crippen LogP contribution in [0.1, 0.15) is 110 Å². The van der Waals surface area contributed by atoms with Crippen LogP contribution in [0.2, 0.25) is 0 Å². The molecule has 0 radical (unpaired) electrons. The van der Waals surface area contributed by atoms with E-state index >= 15 is 0 Å². The van der Waals surface area contributed by atoms with E-state index in [1.807, 2.05) is 38.1 Å². The highest BCUT2D eigenvalue weighted by atomic mass is 16.4. The highest BCUT2D eigenvalue weighted by molar-refractivity contribution is 5.96. The van der Waals surface area contributed by atoms with Crippen molar-refractivity contribution in [2.45, 2.75) is 141 Å². The molecular formula is C40H65N7O7. The van der Waals surface area contributed by atoms with Gasteiger partial charge in [-0.3, -0.25) is 28.8 Å². The summed E-state index contributed by atoms with van der Waals surface area (Å²) < 4.78 is 0. The van der Waals surface area contributed by atoms with Gasteiger partial charge in [-0.15, -0.1) is 0 Å². The first-order valence-electron chi connectivity index (χ1n) is 19.3. The van der Waals surface area contributed by atoms with E-state index in [0.29, 0.717) is 38.8 Å². The average Bonchev–Trinajstić information content (AvgIpc) is 3.10. The summed E-state index contributed by atoms with van der Waals surface area (Å²) >= 11 is 0. The standard InChI is InChI=1S/C40H65N7O7/c1-25(2)22-27(39(53)54)24-34(48)33(23-26-16-18-28(19-17-26)40(3,4)5)47-38(52)31-13-7-6-12-29(43)35(49)44-30(14-8-10-20-41)36(50)46-32(37(51)45-31)15-9-11-21-42/h6-7,16-19,25,27,29-33H,8-15,20-24,41-43H2,1-5H3,(H,44,49)(H,45,51)(H,46,50)(H,47,52)(H,53,54)/t27-,29+,30+,31+,32+,33+/m1/s1. The molecule has 1 aliphatic rings. The largest absolute Gasteiger partial charge is 0.481 e. The zero-order valence-corrected chi connectivity index (χ0v) is 32.8. The van der Waals surface area contributed by atoms with Gasteiger partial charge in [-0.25, -0.2) is 0 Å². The number of unbranched alkanes of at least 4 members (excludes halogenated alkanes) is 2. The molecule has 14 heteroatoms. The summed E-state index contributed by atoms with van der Waals surface area (Å²) in [6.07, 6.45) is 6.26. The Labute approximate surface area is 320 Å². The van der Waals surface area contributed by atoms with Crippen LogP contribution in [0.25, 0.3) is 0 Å². The molecule has 0 unspecified atom stereocenters. The number of carboxylic acids is 1. The van der Waals surface area contributed by atoms with Crippen molar-refractivity contribution < 1.29 is 33.9 Å². The van der Waals surface area contributed by atoms with E-state index in [1.165, 1.54) is 0 Å². The van der Waals surface area contributed by atoms with Crippen molar-refractivity contribution in [3.05, 3.63) is 47.5 Å². The monoisotopic (exact) mass is 755 g/mol. The van der Waals surface area contributed by atoms with E-state index < -0.39 is 71.5 Å². The number of aliphatic carboxylic acids is 1. The van der Waals surface area contributed by atoms with E-state index in [9.17, 15) is 33.9 Å². The molecule has 0 aliphatic carbocycles. The number of carbonyl (C=O) groups is 6. The van der Waals surface area contributed by atoms with Crippen LogP contribution in [-0.2, 0) is 40.6 Å². The number of benzene rings is 1. The van der Waals surface area contributed by atoms with Crippen LogP contribution in [-0.4, -0.2) is 83.8 Å². The Morgan fingerprint density at radius 3 is 1.89 bits per heavy atom. The van der Waals surface area contributed by atoms with Gasteiger partial charge in [0.1, 0.15) is 18.1 Å². The van der Waals surface area contributed by atoms with Crippen LogP contribution in [0, 0.1) is 11.8 Å². The van der Waals surface area contributed by atoms with Gasteiger partial charge in [-0.1, -0.05) is 71.0 Å². The van der Waals surface area contributed by atoms with Crippen molar-refractivity contribution in [2.24, 2.45) is 29.0 Å². The summed E-state index contributed by atoms with van der Waals surface area (Å²) in [6.45, 7) is 10.8. The van der Waals surface area contributed by atoms with Gasteiger partial charge >= 0.3 is 5.97 Å². The fourth-order valence-corrected chi connectivity index (χ4v) is 6.28. The van der Waals surface area contributed by atoms with E-state index in [2.05, 4.69) is 42.0 Å². The van der Waals surface area contributed by atoms with Crippen molar-refractivity contribution in [1.82, 2.24) is 21.3 Å². The number of ketones is 1. The number of rotatable bonds is 18. The third kappa shape index (κ3) is 16.1. The first kappa shape index (κ1) is 46.0. The molecule has 14 nitrogen and oxygen atoms in total. The van der Waals surface area contributed by atoms with Crippen molar-refractivity contribution in [3.8, 4) is 0 Å². The van der Waals surface area contributed by atoms with Crippen molar-refractivity contribution in [1.29, 1.82) is 0 Å². The van der Waals surface area contributed by atoms with Crippen molar-refractivity contribution in [3.63, 3.8) is 0 Å². The topological polar surface area (TPSA) is 249 Å². The van der Waals surface area contributed by atoms with Crippen LogP contribution in [0.15, 0.2) is 36.4 Å². The summed E-state index contributed by atoms with van der Waals surface area (Å²) in [5.41, 5.74) is 19.3. The number of Topliss-reactive ketones (excluding diaryl/α,β-unsaturated/α-hetero) is 1. The van der Waals surface area contributed by atoms with Gasteiger partial charge in [0.2, 0.25) is 23.6 Å². The number of carboxylic acid groups (broad SMARTS) is 1. The molecule has 1 aromatic carbocycles. The van der Waals surface area contributed by atoms with Crippen LogP contribution >= 0.6 is 0 Å². The molecule has 0 saturated heterocycles. The predicted octanol–water partition coefficient (Wildman–Crippen LogP) is 2.11. The maximum atomic E-state index is 14.1. The van der Waals surface area contributed by atoms with E-state index in [1.54, 1.807) is 12.2 Å². The molecule has 1 heterocycles. The lowest BCUT2D eigenvalue weighted by atomic mass is 9.85. The van der Waals surface area contributed by atoms with Crippen LogP contribution in [0.3, 0.4) is 0 Å². The Bertz CT molecular complexity index is 1420. The number of amides is 4. The number of carbonyl (C=O) groups excluding carboxylic acids is 5. The quantitative estimate of drug-likeness (QED) is 0.0801. The van der Waals surface area contributed by atoms with Crippen LogP contribution in [0.5, 0.6) is 0 Å². The number of nitrogens with one attached hydrogen (secondary N) is 4. The third-order valence-electron chi connectivity index (χ3n) is 9.58. The highest BCUT2D eigenvalue weighted by Gasteiger charge is 2.33. The first-order chi connectivity index (χ1) is 25.5. The highest BCUT2D eigenvalue weighted by Crippen LogP contribution is 2.23. The minimum atomic E-state index is -1.18. The van der Waals surface area contributed by atoms with Gasteiger partial charge in [-0.05, 0) is 99.8 Å². The summed E-state index contributed by atoms with van der Waals surface area (Å²) in [4.78, 5) is 80.4. The minimum Gasteiger partial charge on any atom is -0.481 e. The summed E-state index contributed by atoms with van der Waals surface area (Å²) in [6, 6.07) is 2.45. The Morgan fingerprint density at radius 2 is 1.37 bits per heavy atom. The fourth-order valence-electron chi connectivity index (χ4n) is 6.28. The normalized spacial score (nSPS) is 21.3. The van der Waals surface area contributed by atoms with Crippen molar-refractivity contribution >= 4 is 35.4 Å². The van der Waals surface area contributed by atoms with E-state index in [0.717, 1.165) is 11.1 Å². The zero-order valence-electron chi connectivity index (χ0n) is 32.8. The summed E-state index contributed by atoms with van der Waals surface area (Å²) in [5.74, 6) is -4.80. The molecule has 2 rings (SSSR count).